The van der Waals surface area contributed by atoms with Crippen molar-refractivity contribution in [1.29, 1.82) is 0 Å². The second kappa shape index (κ2) is 25.6. The molecule has 77 heavy (non-hydrogen) atoms. The first kappa shape index (κ1) is 60.2. The average Bonchev–Trinajstić information content (AvgIpc) is 3.88. The van der Waals surface area contributed by atoms with Gasteiger partial charge in [0.1, 0.15) is 29.4 Å². The van der Waals surface area contributed by atoms with Crippen molar-refractivity contribution < 1.29 is 79.8 Å². The molecule has 17 nitrogen and oxygen atoms in total. The lowest BCUT2D eigenvalue weighted by atomic mass is 9.93. The van der Waals surface area contributed by atoms with Crippen LogP contribution in [-0.4, -0.2) is 116 Å². The standard InChI is InChI=1S/C25H24Cl2F3N3O5.C17H11Cl2F3N2O4.C8H15NO2/c1-32-17-11-15(38-25(28,29)30)4-3-14(17)10-18(32)23(35)20-16(26)12-31-22(21(20)27)24(36)33-7-5-13(6-8-33)9-19(34)37-2;1-24-10-5-8(28-17(20,21)22)3-2-7(10)4-11(24)15(25)12-9(18)6-23-14(13(12)19)16(26)27;1-11-8(10)6-7-2-4-9-5-3-7/h3-4,10-13,23,35H,5-9H2,1-2H3;2-6,15,25H,1H3,(H,26,27);7,9H,2-6H2,1H3. The van der Waals surface area contributed by atoms with Gasteiger partial charge in [-0.3, -0.25) is 14.4 Å². The minimum atomic E-state index is -4.85. The van der Waals surface area contributed by atoms with Crippen molar-refractivity contribution in [2.45, 2.75) is 63.5 Å². The van der Waals surface area contributed by atoms with E-state index in [2.05, 4.69) is 29.5 Å². The number of esters is 2. The SMILES string of the molecule is COC(=O)CC1CCN(C(=O)c2ncc(Cl)c(C(O)c3cc4ccc(OC(F)(F)F)cc4n3C)c2Cl)CC1.COC(=O)CC1CCNCC1.Cn1c(C(O)c2c(Cl)cnc(C(=O)O)c2Cl)cc2ccc(OC(F)(F)F)cc21. The topological polar surface area (TPSA) is 217 Å². The Labute approximate surface area is 455 Å². The maximum atomic E-state index is 13.2. The molecule has 0 aliphatic carbocycles. The molecule has 2 unspecified atom stereocenters. The molecule has 4 aromatic heterocycles. The Bertz CT molecular complexity index is 3120. The molecule has 2 atom stereocenters. The van der Waals surface area contributed by atoms with Crippen LogP contribution in [0, 0.1) is 11.8 Å². The largest absolute Gasteiger partial charge is 0.573 e. The molecule has 0 radical (unpaired) electrons. The van der Waals surface area contributed by atoms with Crippen LogP contribution >= 0.6 is 46.4 Å². The molecule has 0 spiro atoms. The molecule has 1 amide bonds. The van der Waals surface area contributed by atoms with Gasteiger partial charge >= 0.3 is 30.6 Å². The van der Waals surface area contributed by atoms with Crippen molar-refractivity contribution in [3.05, 3.63) is 115 Å². The second-order valence-electron chi connectivity index (χ2n) is 17.8. The fourth-order valence-electron chi connectivity index (χ4n) is 8.85. The van der Waals surface area contributed by atoms with Gasteiger partial charge in [0, 0.05) is 86.5 Å². The fourth-order valence-corrected chi connectivity index (χ4v) is 10.1. The summed E-state index contributed by atoms with van der Waals surface area (Å²) in [5.74, 6) is -2.39. The van der Waals surface area contributed by atoms with E-state index in [-0.39, 0.29) is 72.6 Å². The van der Waals surface area contributed by atoms with Gasteiger partial charge in [0.05, 0.1) is 56.7 Å². The first-order chi connectivity index (χ1) is 36.2. The van der Waals surface area contributed by atoms with E-state index < -0.39 is 54.0 Å². The van der Waals surface area contributed by atoms with Crippen molar-refractivity contribution in [1.82, 2.24) is 29.3 Å². The Balaban J connectivity index is 0.000000214. The number of amides is 1. The fraction of sp³-hybridized carbons (Fsp3) is 0.400. The number of benzene rings is 2. The van der Waals surface area contributed by atoms with Crippen LogP contribution < -0.4 is 14.8 Å². The van der Waals surface area contributed by atoms with Crippen molar-refractivity contribution in [3.8, 4) is 11.5 Å². The molecular formula is C50H50Cl4F6N6O11. The van der Waals surface area contributed by atoms with Crippen molar-refractivity contribution >= 4 is 92.0 Å². The number of pyridine rings is 2. The molecule has 8 rings (SSSR count). The number of carboxylic acid groups (broad SMARTS) is 1. The lowest BCUT2D eigenvalue weighted by Crippen LogP contribution is -2.39. The van der Waals surface area contributed by atoms with E-state index in [9.17, 15) is 55.7 Å². The highest BCUT2D eigenvalue weighted by Gasteiger charge is 2.34. The van der Waals surface area contributed by atoms with Gasteiger partial charge in [-0.25, -0.2) is 14.8 Å². The summed E-state index contributed by atoms with van der Waals surface area (Å²) >= 11 is 25.0. The highest BCUT2D eigenvalue weighted by atomic mass is 35.5. The molecule has 0 saturated carbocycles. The molecule has 2 aliphatic rings. The van der Waals surface area contributed by atoms with E-state index in [1.165, 1.54) is 66.9 Å². The maximum absolute atomic E-state index is 13.2. The Morgan fingerprint density at radius 1 is 0.662 bits per heavy atom. The maximum Gasteiger partial charge on any atom is 0.573 e. The number of nitrogens with one attached hydrogen (secondary N) is 1. The molecule has 6 heterocycles. The van der Waals surface area contributed by atoms with Gasteiger partial charge in [-0.2, -0.15) is 0 Å². The summed E-state index contributed by atoms with van der Waals surface area (Å²) in [4.78, 5) is 56.1. The number of aromatic carboxylic acids is 1. The van der Waals surface area contributed by atoms with E-state index in [4.69, 9.17) is 56.2 Å². The third kappa shape index (κ3) is 15.1. The Morgan fingerprint density at radius 2 is 1.06 bits per heavy atom. The summed E-state index contributed by atoms with van der Waals surface area (Å²) in [6.45, 7) is 2.87. The first-order valence-corrected chi connectivity index (χ1v) is 24.8. The average molecular weight is 1170 g/mol. The number of aliphatic hydroxyl groups is 2. The first-order valence-electron chi connectivity index (χ1n) is 23.3. The number of fused-ring (bicyclic) bond motifs is 2. The van der Waals surface area contributed by atoms with E-state index >= 15 is 0 Å². The van der Waals surface area contributed by atoms with Gasteiger partial charge in [0.25, 0.3) is 5.91 Å². The second-order valence-corrected chi connectivity index (χ2v) is 19.3. The third-order valence-electron chi connectivity index (χ3n) is 12.8. The number of carbonyl (C=O) groups is 4. The summed E-state index contributed by atoms with van der Waals surface area (Å²) in [7, 11) is 5.85. The van der Waals surface area contributed by atoms with E-state index in [0.717, 1.165) is 44.3 Å². The van der Waals surface area contributed by atoms with Gasteiger partial charge in [0.15, 0.2) is 5.69 Å². The number of methoxy groups -OCH3 is 2. The molecule has 2 saturated heterocycles. The number of hydrogen-bond donors (Lipinski definition) is 4. The number of alkyl halides is 6. The number of likely N-dealkylation sites (tertiary alicyclic amines) is 1. The van der Waals surface area contributed by atoms with E-state index in [1.807, 2.05) is 0 Å². The monoisotopic (exact) mass is 1160 g/mol. The molecule has 416 valence electrons. The highest BCUT2D eigenvalue weighted by Crippen LogP contribution is 2.40. The number of ether oxygens (including phenoxy) is 4. The normalized spacial score (nSPS) is 15.2. The Morgan fingerprint density at radius 3 is 1.47 bits per heavy atom. The van der Waals surface area contributed by atoms with Crippen molar-refractivity contribution in [2.75, 3.05) is 40.4 Å². The highest BCUT2D eigenvalue weighted by molar-refractivity contribution is 6.38. The molecule has 0 bridgehead atoms. The van der Waals surface area contributed by atoms with E-state index in [1.54, 1.807) is 18.0 Å². The molecule has 2 aromatic carbocycles. The molecule has 27 heteroatoms. The van der Waals surface area contributed by atoms with Crippen LogP contribution in [0.2, 0.25) is 20.1 Å². The van der Waals surface area contributed by atoms with Gasteiger partial charge in [-0.1, -0.05) is 46.4 Å². The molecule has 2 fully saturated rings. The van der Waals surface area contributed by atoms with Crippen LogP contribution in [0.15, 0.2) is 60.9 Å². The summed E-state index contributed by atoms with van der Waals surface area (Å²) in [6, 6.07) is 10.6. The number of hydrogen-bond acceptors (Lipinski definition) is 13. The van der Waals surface area contributed by atoms with Crippen LogP contribution in [0.3, 0.4) is 0 Å². The number of nitrogens with zero attached hydrogens (tertiary/aromatic N) is 5. The number of carboxylic acids is 1. The summed E-state index contributed by atoms with van der Waals surface area (Å²) in [5, 5.41) is 35.0. The number of aliphatic hydroxyl groups excluding tert-OH is 2. The minimum Gasteiger partial charge on any atom is -0.476 e. The van der Waals surface area contributed by atoms with Gasteiger partial charge in [0.2, 0.25) is 0 Å². The number of carbonyl (C=O) groups excluding carboxylic acids is 3. The lowest BCUT2D eigenvalue weighted by Gasteiger charge is -2.31. The summed E-state index contributed by atoms with van der Waals surface area (Å²) in [5.41, 5.74) is 0.615. The Hall–Kier alpha value is -6.08. The number of piperidine rings is 2. The number of aryl methyl sites for hydroxylation is 2. The van der Waals surface area contributed by atoms with Crippen LogP contribution in [0.1, 0.15) is 94.2 Å². The van der Waals surface area contributed by atoms with Crippen molar-refractivity contribution in [3.63, 3.8) is 0 Å². The van der Waals surface area contributed by atoms with Gasteiger partial charge in [-0.05, 0) is 87.0 Å². The predicted octanol–water partition coefficient (Wildman–Crippen LogP) is 10.4. The Kier molecular flexibility index (Phi) is 20.0. The van der Waals surface area contributed by atoms with Crippen LogP contribution in [0.4, 0.5) is 26.3 Å². The third-order valence-corrected chi connectivity index (χ3v) is 14.2. The zero-order chi connectivity index (χ0) is 56.7. The summed E-state index contributed by atoms with van der Waals surface area (Å²) in [6.07, 6.45) is -5.98. The predicted molar refractivity (Wildman–Crippen MR) is 270 cm³/mol. The molecule has 4 N–H and O–H groups in total. The molecule has 6 aromatic rings. The van der Waals surface area contributed by atoms with E-state index in [0.29, 0.717) is 60.1 Å². The van der Waals surface area contributed by atoms with Gasteiger partial charge in [-0.15, -0.1) is 26.3 Å². The van der Waals surface area contributed by atoms with Crippen LogP contribution in [0.25, 0.3) is 21.8 Å². The summed E-state index contributed by atoms with van der Waals surface area (Å²) < 4.78 is 95.4. The van der Waals surface area contributed by atoms with Crippen LogP contribution in [0.5, 0.6) is 11.5 Å². The smallest absolute Gasteiger partial charge is 0.476 e. The number of rotatable bonds is 12. The number of aromatic nitrogens is 4. The minimum absolute atomic E-state index is 0.0159. The molecular weight excluding hydrogens is 1120 g/mol. The quantitative estimate of drug-likeness (QED) is 0.0663. The zero-order valence-electron chi connectivity index (χ0n) is 41.3. The van der Waals surface area contributed by atoms with Crippen molar-refractivity contribution in [2.24, 2.45) is 25.9 Å². The van der Waals surface area contributed by atoms with Crippen LogP contribution in [-0.2, 0) is 33.2 Å². The van der Waals surface area contributed by atoms with Gasteiger partial charge < -0.3 is 53.6 Å². The molecule has 2 aliphatic heterocycles. The zero-order valence-corrected chi connectivity index (χ0v) is 44.3. The lowest BCUT2D eigenvalue weighted by molar-refractivity contribution is -0.275. The number of halogens is 10.